The zero-order chi connectivity index (χ0) is 12.1. The van der Waals surface area contributed by atoms with Crippen LogP contribution in [0.3, 0.4) is 0 Å². The van der Waals surface area contributed by atoms with Crippen molar-refractivity contribution in [1.82, 2.24) is 5.32 Å². The monoisotopic (exact) mass is 287 g/mol. The van der Waals surface area contributed by atoms with E-state index in [9.17, 15) is 9.18 Å². The van der Waals surface area contributed by atoms with Gasteiger partial charge in [-0.15, -0.1) is 0 Å². The first kappa shape index (κ1) is 13.2. The lowest BCUT2D eigenvalue weighted by atomic mass is 10.1. The molecule has 1 atom stereocenters. The number of carbonyl (C=O) groups is 1. The van der Waals surface area contributed by atoms with Crippen LogP contribution >= 0.6 is 15.9 Å². The third kappa shape index (κ3) is 3.59. The summed E-state index contributed by atoms with van der Waals surface area (Å²) in [5.41, 5.74) is 1.19. The summed E-state index contributed by atoms with van der Waals surface area (Å²) in [6.45, 7) is 4.37. The van der Waals surface area contributed by atoms with Crippen LogP contribution in [0.4, 0.5) is 4.39 Å². The second-order valence-electron chi connectivity index (χ2n) is 3.93. The van der Waals surface area contributed by atoms with Crippen molar-refractivity contribution >= 4 is 21.8 Å². The van der Waals surface area contributed by atoms with Crippen molar-refractivity contribution in [2.75, 3.05) is 11.9 Å². The van der Waals surface area contributed by atoms with Crippen LogP contribution in [-0.4, -0.2) is 17.8 Å². The molecular formula is C12H15BrFNO. The molecule has 0 aromatic heterocycles. The Bertz CT molecular complexity index is 381. The van der Waals surface area contributed by atoms with Crippen LogP contribution in [0, 0.1) is 18.7 Å². The predicted molar refractivity (Wildman–Crippen MR) is 66.4 cm³/mol. The molecule has 0 saturated heterocycles. The van der Waals surface area contributed by atoms with Gasteiger partial charge in [0.15, 0.2) is 0 Å². The molecular weight excluding hydrogens is 273 g/mol. The molecule has 88 valence electrons. The third-order valence-electron chi connectivity index (χ3n) is 2.31. The van der Waals surface area contributed by atoms with Crippen LogP contribution in [0.2, 0.25) is 0 Å². The number of halogens is 2. The number of amides is 1. The highest BCUT2D eigenvalue weighted by Crippen LogP contribution is 2.10. The maximum atomic E-state index is 12.8. The van der Waals surface area contributed by atoms with Gasteiger partial charge in [0.05, 0.1) is 0 Å². The minimum absolute atomic E-state index is 0.148. The average molecular weight is 288 g/mol. The predicted octanol–water partition coefficient (Wildman–Crippen LogP) is 2.89. The Labute approximate surface area is 103 Å². The van der Waals surface area contributed by atoms with Gasteiger partial charge in [-0.2, -0.15) is 0 Å². The Balaban J connectivity index is 2.66. The smallest absolute Gasteiger partial charge is 0.251 e. The SMILES string of the molecule is Cc1cc(F)ccc1C(=O)NCC(C)CBr. The summed E-state index contributed by atoms with van der Waals surface area (Å²) >= 11 is 3.34. The fraction of sp³-hybridized carbons (Fsp3) is 0.417. The maximum absolute atomic E-state index is 12.8. The normalized spacial score (nSPS) is 12.2. The van der Waals surface area contributed by atoms with E-state index in [1.54, 1.807) is 6.92 Å². The highest BCUT2D eigenvalue weighted by molar-refractivity contribution is 9.09. The summed E-state index contributed by atoms with van der Waals surface area (Å²) in [5.74, 6) is -0.0853. The third-order valence-corrected chi connectivity index (χ3v) is 3.41. The Morgan fingerprint density at radius 2 is 2.25 bits per heavy atom. The van der Waals surface area contributed by atoms with Crippen LogP contribution in [0.1, 0.15) is 22.8 Å². The first-order valence-electron chi connectivity index (χ1n) is 5.15. The second kappa shape index (κ2) is 5.99. The molecule has 1 aromatic carbocycles. The molecule has 0 fully saturated rings. The summed E-state index contributed by atoms with van der Waals surface area (Å²) in [4.78, 5) is 11.7. The summed E-state index contributed by atoms with van der Waals surface area (Å²) in [6, 6.07) is 4.18. The van der Waals surface area contributed by atoms with Crippen molar-refractivity contribution in [2.45, 2.75) is 13.8 Å². The van der Waals surface area contributed by atoms with Gasteiger partial charge in [0, 0.05) is 17.4 Å². The minimum atomic E-state index is -0.317. The molecule has 16 heavy (non-hydrogen) atoms. The maximum Gasteiger partial charge on any atom is 0.251 e. The van der Waals surface area contributed by atoms with Crippen LogP contribution in [0.15, 0.2) is 18.2 Å². The van der Waals surface area contributed by atoms with E-state index in [0.717, 1.165) is 5.33 Å². The number of hydrogen-bond donors (Lipinski definition) is 1. The van der Waals surface area contributed by atoms with E-state index in [0.29, 0.717) is 23.6 Å². The zero-order valence-electron chi connectivity index (χ0n) is 9.39. The lowest BCUT2D eigenvalue weighted by Crippen LogP contribution is -2.29. The van der Waals surface area contributed by atoms with E-state index >= 15 is 0 Å². The number of alkyl halides is 1. The van der Waals surface area contributed by atoms with Crippen LogP contribution in [0.25, 0.3) is 0 Å². The first-order chi connectivity index (χ1) is 7.54. The quantitative estimate of drug-likeness (QED) is 0.848. The number of nitrogens with one attached hydrogen (secondary N) is 1. The van der Waals surface area contributed by atoms with Crippen molar-refractivity contribution in [3.05, 3.63) is 35.1 Å². The molecule has 0 aliphatic carbocycles. The van der Waals surface area contributed by atoms with Gasteiger partial charge < -0.3 is 5.32 Å². The van der Waals surface area contributed by atoms with E-state index < -0.39 is 0 Å². The van der Waals surface area contributed by atoms with Gasteiger partial charge in [-0.25, -0.2) is 4.39 Å². The van der Waals surface area contributed by atoms with Crippen molar-refractivity contribution in [3.8, 4) is 0 Å². The van der Waals surface area contributed by atoms with Gasteiger partial charge >= 0.3 is 0 Å². The van der Waals surface area contributed by atoms with Gasteiger partial charge in [0.25, 0.3) is 5.91 Å². The molecule has 0 heterocycles. The fourth-order valence-electron chi connectivity index (χ4n) is 1.30. The lowest BCUT2D eigenvalue weighted by molar-refractivity contribution is 0.0948. The highest BCUT2D eigenvalue weighted by Gasteiger charge is 2.10. The summed E-state index contributed by atoms with van der Waals surface area (Å²) < 4.78 is 12.8. The molecule has 1 rings (SSSR count). The number of benzene rings is 1. The Kier molecular flexibility index (Phi) is 4.93. The summed E-state index contributed by atoms with van der Waals surface area (Å²) in [7, 11) is 0. The molecule has 0 bridgehead atoms. The van der Waals surface area contributed by atoms with Gasteiger partial charge in [0.2, 0.25) is 0 Å². The van der Waals surface area contributed by atoms with E-state index in [2.05, 4.69) is 21.2 Å². The van der Waals surface area contributed by atoms with Crippen LogP contribution < -0.4 is 5.32 Å². The molecule has 0 saturated carbocycles. The van der Waals surface area contributed by atoms with Crippen molar-refractivity contribution < 1.29 is 9.18 Å². The molecule has 4 heteroatoms. The molecule has 2 nitrogen and oxygen atoms in total. The summed E-state index contributed by atoms with van der Waals surface area (Å²) in [5, 5.41) is 3.66. The molecule has 1 amide bonds. The topological polar surface area (TPSA) is 29.1 Å². The number of rotatable bonds is 4. The average Bonchev–Trinajstić information content (AvgIpc) is 2.25. The van der Waals surface area contributed by atoms with Crippen molar-refractivity contribution in [3.63, 3.8) is 0 Å². The molecule has 0 spiro atoms. The van der Waals surface area contributed by atoms with Crippen LogP contribution in [-0.2, 0) is 0 Å². The summed E-state index contributed by atoms with van der Waals surface area (Å²) in [6.07, 6.45) is 0. The second-order valence-corrected chi connectivity index (χ2v) is 4.58. The van der Waals surface area contributed by atoms with E-state index in [-0.39, 0.29) is 11.7 Å². The fourth-order valence-corrected chi connectivity index (χ4v) is 1.53. The van der Waals surface area contributed by atoms with E-state index in [1.165, 1.54) is 18.2 Å². The number of aryl methyl sites for hydroxylation is 1. The van der Waals surface area contributed by atoms with Gasteiger partial charge in [-0.3, -0.25) is 4.79 Å². The Morgan fingerprint density at radius 3 is 2.81 bits per heavy atom. The Hall–Kier alpha value is -0.900. The van der Waals surface area contributed by atoms with Crippen LogP contribution in [0.5, 0.6) is 0 Å². The van der Waals surface area contributed by atoms with E-state index in [1.807, 2.05) is 6.92 Å². The van der Waals surface area contributed by atoms with E-state index in [4.69, 9.17) is 0 Å². The highest BCUT2D eigenvalue weighted by atomic mass is 79.9. The Morgan fingerprint density at radius 1 is 1.56 bits per heavy atom. The lowest BCUT2D eigenvalue weighted by Gasteiger charge is -2.10. The number of carbonyl (C=O) groups excluding carboxylic acids is 1. The largest absolute Gasteiger partial charge is 0.352 e. The molecule has 0 aliphatic heterocycles. The van der Waals surface area contributed by atoms with Gasteiger partial charge in [-0.05, 0) is 36.6 Å². The van der Waals surface area contributed by atoms with Gasteiger partial charge in [0.1, 0.15) is 5.82 Å². The standard InChI is InChI=1S/C12H15BrFNO/c1-8(6-13)7-15-12(16)11-4-3-10(14)5-9(11)2/h3-5,8H,6-7H2,1-2H3,(H,15,16). The molecule has 1 N–H and O–H groups in total. The molecule has 0 radical (unpaired) electrons. The molecule has 1 aromatic rings. The minimum Gasteiger partial charge on any atom is -0.352 e. The molecule has 0 aliphatic rings. The molecule has 1 unspecified atom stereocenters. The zero-order valence-corrected chi connectivity index (χ0v) is 11.0. The first-order valence-corrected chi connectivity index (χ1v) is 6.27. The number of hydrogen-bond acceptors (Lipinski definition) is 1. The van der Waals surface area contributed by atoms with Crippen molar-refractivity contribution in [1.29, 1.82) is 0 Å². The van der Waals surface area contributed by atoms with Gasteiger partial charge in [-0.1, -0.05) is 22.9 Å². The van der Waals surface area contributed by atoms with Crippen molar-refractivity contribution in [2.24, 2.45) is 5.92 Å².